The highest BCUT2D eigenvalue weighted by molar-refractivity contribution is 5.98. The van der Waals surface area contributed by atoms with Crippen molar-refractivity contribution in [2.45, 2.75) is 77.4 Å². The van der Waals surface area contributed by atoms with Crippen LogP contribution in [0.25, 0.3) is 10.8 Å². The summed E-state index contributed by atoms with van der Waals surface area (Å²) in [7, 11) is 0. The molecule has 0 aromatic heterocycles. The Morgan fingerprint density at radius 2 is 1.73 bits per heavy atom. The summed E-state index contributed by atoms with van der Waals surface area (Å²) in [5.74, 6) is 0.940. The molecule has 1 saturated heterocycles. The van der Waals surface area contributed by atoms with Crippen LogP contribution in [0.1, 0.15) is 75.7 Å². The van der Waals surface area contributed by atoms with Crippen molar-refractivity contribution in [3.63, 3.8) is 0 Å². The Kier molecular flexibility index (Phi) is 9.00. The first kappa shape index (κ1) is 31.3. The third-order valence-corrected chi connectivity index (χ3v) is 10.1. The van der Waals surface area contributed by atoms with Gasteiger partial charge in [-0.2, -0.15) is 0 Å². The molecule has 6 rings (SSSR count). The average molecular weight is 611 g/mol. The zero-order chi connectivity index (χ0) is 31.7. The van der Waals surface area contributed by atoms with E-state index in [0.717, 1.165) is 54.7 Å². The number of nitrogens with zero attached hydrogens (tertiary/aromatic N) is 2. The molecule has 4 unspecified atom stereocenters. The molecule has 0 bridgehead atoms. The van der Waals surface area contributed by atoms with Gasteiger partial charge in [-0.1, -0.05) is 56.3 Å². The van der Waals surface area contributed by atoms with Crippen molar-refractivity contribution in [2.24, 2.45) is 17.8 Å². The number of rotatable bonds is 9. The molecule has 0 radical (unpaired) electrons. The number of esters is 2. The van der Waals surface area contributed by atoms with E-state index in [9.17, 15) is 14.4 Å². The number of likely N-dealkylation sites (tertiary alicyclic amines) is 1. The molecule has 7 heteroatoms. The second-order valence-corrected chi connectivity index (χ2v) is 14.0. The van der Waals surface area contributed by atoms with E-state index >= 15 is 0 Å². The van der Waals surface area contributed by atoms with E-state index in [-0.39, 0.29) is 47.2 Å². The number of ether oxygens (including phenoxy) is 2. The summed E-state index contributed by atoms with van der Waals surface area (Å²) >= 11 is 0. The van der Waals surface area contributed by atoms with E-state index < -0.39 is 0 Å². The molecule has 0 N–H and O–H groups in total. The van der Waals surface area contributed by atoms with Gasteiger partial charge in [-0.15, -0.1) is 0 Å². The van der Waals surface area contributed by atoms with Crippen LogP contribution in [0.2, 0.25) is 0 Å². The molecule has 2 saturated carbocycles. The number of hydrogen-bond donors (Lipinski definition) is 0. The number of carbonyl (C=O) groups is 3. The molecule has 3 fully saturated rings. The Labute approximate surface area is 266 Å². The number of fused-ring (bicyclic) bond motifs is 2. The predicted octanol–water partition coefficient (Wildman–Crippen LogP) is 6.63. The molecular weight excluding hydrogens is 564 g/mol. The minimum Gasteiger partial charge on any atom is -0.462 e. The van der Waals surface area contributed by atoms with Gasteiger partial charge in [0.05, 0.1) is 0 Å². The third kappa shape index (κ3) is 6.94. The average Bonchev–Trinajstić information content (AvgIpc) is 3.83. The van der Waals surface area contributed by atoms with Crippen LogP contribution in [0.3, 0.4) is 0 Å². The van der Waals surface area contributed by atoms with Crippen LogP contribution in [0.15, 0.2) is 66.7 Å². The van der Waals surface area contributed by atoms with Gasteiger partial charge in [0, 0.05) is 62.8 Å². The van der Waals surface area contributed by atoms with Crippen LogP contribution < -0.4 is 4.74 Å². The molecule has 3 aromatic rings. The quantitative estimate of drug-likeness (QED) is 0.200. The van der Waals surface area contributed by atoms with Crippen LogP contribution in [0.5, 0.6) is 5.75 Å². The summed E-state index contributed by atoms with van der Waals surface area (Å²) in [5.41, 5.74) is 1.39. The molecule has 2 aliphatic carbocycles. The largest absolute Gasteiger partial charge is 0.462 e. The minimum absolute atomic E-state index is 0.00876. The summed E-state index contributed by atoms with van der Waals surface area (Å²) in [6.45, 7) is 10.6. The second kappa shape index (κ2) is 13.0. The van der Waals surface area contributed by atoms with Gasteiger partial charge < -0.3 is 19.3 Å². The molecule has 3 aliphatic rings. The fraction of sp³-hybridized carbons (Fsp3) is 0.500. The first-order chi connectivity index (χ1) is 21.6. The van der Waals surface area contributed by atoms with Crippen molar-refractivity contribution < 1.29 is 23.9 Å². The smallest absolute Gasteiger partial charge is 0.308 e. The summed E-state index contributed by atoms with van der Waals surface area (Å²) < 4.78 is 11.8. The predicted molar refractivity (Wildman–Crippen MR) is 175 cm³/mol. The number of benzene rings is 3. The fourth-order valence-corrected chi connectivity index (χ4v) is 7.95. The normalized spacial score (nSPS) is 25.0. The van der Waals surface area contributed by atoms with Crippen LogP contribution in [-0.4, -0.2) is 66.0 Å². The molecule has 1 amide bonds. The molecular formula is C38H46N2O5. The highest BCUT2D eigenvalue weighted by Gasteiger charge is 2.55. The van der Waals surface area contributed by atoms with Gasteiger partial charge in [0.15, 0.2) is 0 Å². The van der Waals surface area contributed by atoms with Crippen LogP contribution in [-0.2, 0) is 19.7 Å². The van der Waals surface area contributed by atoms with Crippen molar-refractivity contribution in [1.82, 2.24) is 9.80 Å². The monoisotopic (exact) mass is 610 g/mol. The van der Waals surface area contributed by atoms with Gasteiger partial charge in [-0.05, 0) is 84.7 Å². The van der Waals surface area contributed by atoms with Gasteiger partial charge in [-0.25, -0.2) is 0 Å². The van der Waals surface area contributed by atoms with Crippen molar-refractivity contribution in [3.8, 4) is 5.75 Å². The summed E-state index contributed by atoms with van der Waals surface area (Å²) in [5, 5.41) is 2.14. The fourth-order valence-electron chi connectivity index (χ4n) is 7.95. The van der Waals surface area contributed by atoms with Gasteiger partial charge in [0.25, 0.3) is 5.91 Å². The summed E-state index contributed by atoms with van der Waals surface area (Å²) in [6, 6.07) is 21.8. The maximum atomic E-state index is 14.5. The molecule has 45 heavy (non-hydrogen) atoms. The van der Waals surface area contributed by atoms with E-state index in [1.165, 1.54) is 26.7 Å². The summed E-state index contributed by atoms with van der Waals surface area (Å²) in [4.78, 5) is 43.6. The molecule has 0 spiro atoms. The lowest BCUT2D eigenvalue weighted by Gasteiger charge is -2.57. The Bertz CT molecular complexity index is 1560. The van der Waals surface area contributed by atoms with Crippen LogP contribution >= 0.6 is 0 Å². The number of piperidine rings is 1. The van der Waals surface area contributed by atoms with Crippen LogP contribution in [0, 0.1) is 17.8 Å². The molecule has 238 valence electrons. The zero-order valence-corrected chi connectivity index (χ0v) is 27.0. The number of amides is 1. The van der Waals surface area contributed by atoms with E-state index in [0.29, 0.717) is 24.3 Å². The lowest BCUT2D eigenvalue weighted by atomic mass is 9.56. The summed E-state index contributed by atoms with van der Waals surface area (Å²) in [6.07, 6.45) is 4.45. The molecule has 3 aromatic carbocycles. The Morgan fingerprint density at radius 1 is 0.956 bits per heavy atom. The first-order valence-corrected chi connectivity index (χ1v) is 16.6. The Morgan fingerprint density at radius 3 is 2.44 bits per heavy atom. The van der Waals surface area contributed by atoms with Crippen molar-refractivity contribution in [1.29, 1.82) is 0 Å². The SMILES string of the molecule is CC(=O)Oc1cccc(C23CCN(CC4CC4)CC2C(OC(C)=O)CC(N(CC(C)C)C(=O)c2ccc4ccccc4c2)C3)c1. The van der Waals surface area contributed by atoms with Crippen molar-refractivity contribution in [3.05, 3.63) is 77.9 Å². The lowest BCUT2D eigenvalue weighted by Crippen LogP contribution is -2.62. The second-order valence-electron chi connectivity index (χ2n) is 14.0. The standard InChI is InChI=1S/C38H46N2O5/c1-25(2)22-40(37(43)31-15-14-29-8-5-6-9-30(29)18-31)33-20-36(45-27(4)42)35-24-39(23-28-12-13-28)17-16-38(35,21-33)32-10-7-11-34(19-32)44-26(3)41/h5-11,14-15,18-19,25,28,33,35-36H,12-13,16-17,20-24H2,1-4H3. The van der Waals surface area contributed by atoms with E-state index in [1.807, 2.05) is 54.6 Å². The number of hydrogen-bond acceptors (Lipinski definition) is 6. The Hall–Kier alpha value is -3.71. The first-order valence-electron chi connectivity index (χ1n) is 16.6. The third-order valence-electron chi connectivity index (χ3n) is 10.1. The molecule has 4 atom stereocenters. The van der Waals surface area contributed by atoms with Gasteiger partial charge in [0.2, 0.25) is 0 Å². The molecule has 1 heterocycles. The minimum atomic E-state index is -0.363. The maximum Gasteiger partial charge on any atom is 0.308 e. The maximum absolute atomic E-state index is 14.5. The highest BCUT2D eigenvalue weighted by atomic mass is 16.5. The Balaban J connectivity index is 1.41. The van der Waals surface area contributed by atoms with Crippen molar-refractivity contribution in [2.75, 3.05) is 26.2 Å². The zero-order valence-electron chi connectivity index (χ0n) is 27.0. The molecule has 1 aliphatic heterocycles. The highest BCUT2D eigenvalue weighted by Crippen LogP contribution is 2.52. The van der Waals surface area contributed by atoms with E-state index in [2.05, 4.69) is 35.8 Å². The van der Waals surface area contributed by atoms with E-state index in [1.54, 1.807) is 0 Å². The van der Waals surface area contributed by atoms with Gasteiger partial charge in [0.1, 0.15) is 11.9 Å². The van der Waals surface area contributed by atoms with Gasteiger partial charge in [-0.3, -0.25) is 14.4 Å². The van der Waals surface area contributed by atoms with E-state index in [4.69, 9.17) is 9.47 Å². The lowest BCUT2D eigenvalue weighted by molar-refractivity contribution is -0.159. The number of carbonyl (C=O) groups excluding carboxylic acids is 3. The van der Waals surface area contributed by atoms with Crippen molar-refractivity contribution >= 4 is 28.6 Å². The molecule has 7 nitrogen and oxygen atoms in total. The van der Waals surface area contributed by atoms with Crippen LogP contribution in [0.4, 0.5) is 0 Å². The topological polar surface area (TPSA) is 76.2 Å². The van der Waals surface area contributed by atoms with Gasteiger partial charge >= 0.3 is 11.9 Å².